The SMILES string of the molecule is CNC(c1ccccc1)c1nnc(-c2ccsc2)s1. The van der Waals surface area contributed by atoms with Gasteiger partial charge in [-0.25, -0.2) is 0 Å². The van der Waals surface area contributed by atoms with Crippen molar-refractivity contribution in [2.45, 2.75) is 6.04 Å². The first-order chi connectivity index (χ1) is 9.38. The van der Waals surface area contributed by atoms with Crippen LogP contribution in [0, 0.1) is 0 Å². The smallest absolute Gasteiger partial charge is 0.148 e. The van der Waals surface area contributed by atoms with Crippen molar-refractivity contribution in [1.29, 1.82) is 0 Å². The summed E-state index contributed by atoms with van der Waals surface area (Å²) in [6.07, 6.45) is 0. The summed E-state index contributed by atoms with van der Waals surface area (Å²) in [4.78, 5) is 0. The van der Waals surface area contributed by atoms with Crippen LogP contribution in [0.15, 0.2) is 47.2 Å². The monoisotopic (exact) mass is 287 g/mol. The molecule has 1 N–H and O–H groups in total. The van der Waals surface area contributed by atoms with Gasteiger partial charge in [-0.2, -0.15) is 11.3 Å². The molecule has 3 rings (SSSR count). The molecule has 0 radical (unpaired) electrons. The average Bonchev–Trinajstić information content (AvgIpc) is 3.11. The molecule has 0 aliphatic heterocycles. The highest BCUT2D eigenvalue weighted by Gasteiger charge is 2.17. The Labute approximate surface area is 120 Å². The molecule has 1 aromatic carbocycles. The largest absolute Gasteiger partial charge is 0.307 e. The molecule has 3 nitrogen and oxygen atoms in total. The Morgan fingerprint density at radius 3 is 2.63 bits per heavy atom. The number of nitrogens with zero attached hydrogens (tertiary/aromatic N) is 2. The Balaban J connectivity index is 1.93. The molecular weight excluding hydrogens is 274 g/mol. The van der Waals surface area contributed by atoms with Gasteiger partial charge in [-0.3, -0.25) is 0 Å². The van der Waals surface area contributed by atoms with E-state index in [1.165, 1.54) is 5.56 Å². The zero-order chi connectivity index (χ0) is 13.1. The van der Waals surface area contributed by atoms with Crippen LogP contribution in [0.5, 0.6) is 0 Å². The van der Waals surface area contributed by atoms with Crippen molar-refractivity contribution in [1.82, 2.24) is 15.5 Å². The first-order valence-corrected chi connectivity index (χ1v) is 7.72. The number of hydrogen-bond donors (Lipinski definition) is 1. The highest BCUT2D eigenvalue weighted by atomic mass is 32.1. The molecule has 5 heteroatoms. The van der Waals surface area contributed by atoms with Gasteiger partial charge in [0.15, 0.2) is 0 Å². The Hall–Kier alpha value is -1.56. The molecule has 0 saturated carbocycles. The van der Waals surface area contributed by atoms with Gasteiger partial charge in [0.1, 0.15) is 10.0 Å². The molecule has 0 fully saturated rings. The molecule has 0 aliphatic carbocycles. The van der Waals surface area contributed by atoms with Crippen LogP contribution in [0.1, 0.15) is 16.6 Å². The van der Waals surface area contributed by atoms with Crippen LogP contribution in [0.25, 0.3) is 10.6 Å². The van der Waals surface area contributed by atoms with E-state index in [4.69, 9.17) is 0 Å². The van der Waals surface area contributed by atoms with Gasteiger partial charge in [0.2, 0.25) is 0 Å². The van der Waals surface area contributed by atoms with E-state index < -0.39 is 0 Å². The fraction of sp³-hybridized carbons (Fsp3) is 0.143. The Morgan fingerprint density at radius 2 is 1.95 bits per heavy atom. The Bertz CT molecular complexity index is 632. The van der Waals surface area contributed by atoms with E-state index in [0.717, 1.165) is 15.6 Å². The maximum absolute atomic E-state index is 4.33. The number of hydrogen-bond acceptors (Lipinski definition) is 5. The minimum absolute atomic E-state index is 0.103. The molecule has 19 heavy (non-hydrogen) atoms. The number of aromatic nitrogens is 2. The first-order valence-electron chi connectivity index (χ1n) is 5.96. The lowest BCUT2D eigenvalue weighted by Crippen LogP contribution is -2.17. The lowest BCUT2D eigenvalue weighted by molar-refractivity contribution is 0.678. The maximum Gasteiger partial charge on any atom is 0.148 e. The number of benzene rings is 1. The number of thiophene rings is 1. The predicted octanol–water partition coefficient (Wildman–Crippen LogP) is 3.58. The second kappa shape index (κ2) is 5.61. The van der Waals surface area contributed by atoms with Gasteiger partial charge in [0, 0.05) is 10.9 Å². The van der Waals surface area contributed by atoms with Crippen LogP contribution in [-0.4, -0.2) is 17.2 Å². The summed E-state index contributed by atoms with van der Waals surface area (Å²) in [5.41, 5.74) is 2.36. The normalized spacial score (nSPS) is 12.5. The van der Waals surface area contributed by atoms with Crippen molar-refractivity contribution in [3.63, 3.8) is 0 Å². The molecule has 2 heterocycles. The second-order valence-corrected chi connectivity index (χ2v) is 5.88. The van der Waals surface area contributed by atoms with Crippen LogP contribution in [0.3, 0.4) is 0 Å². The molecule has 0 aliphatic rings. The third-order valence-electron chi connectivity index (χ3n) is 2.88. The molecule has 0 saturated heterocycles. The van der Waals surface area contributed by atoms with E-state index >= 15 is 0 Å². The first kappa shape index (κ1) is 12.5. The van der Waals surface area contributed by atoms with Gasteiger partial charge < -0.3 is 5.32 Å². The minimum Gasteiger partial charge on any atom is -0.307 e. The Morgan fingerprint density at radius 1 is 1.11 bits per heavy atom. The Kier molecular flexibility index (Phi) is 3.68. The van der Waals surface area contributed by atoms with Crippen LogP contribution in [0.4, 0.5) is 0 Å². The van der Waals surface area contributed by atoms with E-state index in [-0.39, 0.29) is 6.04 Å². The summed E-state index contributed by atoms with van der Waals surface area (Å²) in [7, 11) is 1.95. The molecular formula is C14H13N3S2. The van der Waals surface area contributed by atoms with Gasteiger partial charge >= 0.3 is 0 Å². The zero-order valence-corrected chi connectivity index (χ0v) is 12.0. The number of rotatable bonds is 4. The van der Waals surface area contributed by atoms with Gasteiger partial charge in [-0.05, 0) is 24.1 Å². The van der Waals surface area contributed by atoms with E-state index in [0.29, 0.717) is 0 Å². The van der Waals surface area contributed by atoms with Crippen molar-refractivity contribution in [3.05, 3.63) is 57.7 Å². The molecule has 0 bridgehead atoms. The van der Waals surface area contributed by atoms with Gasteiger partial charge in [-0.1, -0.05) is 41.7 Å². The summed E-state index contributed by atoms with van der Waals surface area (Å²) in [6, 6.07) is 12.5. The van der Waals surface area contributed by atoms with Crippen molar-refractivity contribution in [2.24, 2.45) is 0 Å². The third-order valence-corrected chi connectivity index (χ3v) is 4.60. The fourth-order valence-electron chi connectivity index (χ4n) is 1.93. The van der Waals surface area contributed by atoms with Gasteiger partial charge in [-0.15, -0.1) is 10.2 Å². The van der Waals surface area contributed by atoms with E-state index in [1.807, 2.05) is 25.2 Å². The van der Waals surface area contributed by atoms with Crippen LogP contribution >= 0.6 is 22.7 Å². The predicted molar refractivity (Wildman–Crippen MR) is 80.6 cm³/mol. The van der Waals surface area contributed by atoms with Crippen molar-refractivity contribution >= 4 is 22.7 Å². The summed E-state index contributed by atoms with van der Waals surface area (Å²) in [6.45, 7) is 0. The highest BCUT2D eigenvalue weighted by Crippen LogP contribution is 2.30. The molecule has 0 spiro atoms. The molecule has 1 unspecified atom stereocenters. The zero-order valence-electron chi connectivity index (χ0n) is 10.4. The maximum atomic E-state index is 4.33. The van der Waals surface area contributed by atoms with E-state index in [2.05, 4.69) is 44.5 Å². The summed E-state index contributed by atoms with van der Waals surface area (Å²) in [5, 5.41) is 18.1. The number of nitrogens with one attached hydrogen (secondary N) is 1. The van der Waals surface area contributed by atoms with E-state index in [9.17, 15) is 0 Å². The molecule has 0 amide bonds. The molecule has 2 aromatic heterocycles. The van der Waals surface area contributed by atoms with Crippen LogP contribution < -0.4 is 5.32 Å². The van der Waals surface area contributed by atoms with Gasteiger partial charge in [0.25, 0.3) is 0 Å². The average molecular weight is 287 g/mol. The minimum atomic E-state index is 0.103. The van der Waals surface area contributed by atoms with E-state index in [1.54, 1.807) is 22.7 Å². The molecule has 3 aromatic rings. The molecule has 1 atom stereocenters. The second-order valence-electron chi connectivity index (χ2n) is 4.09. The van der Waals surface area contributed by atoms with Crippen molar-refractivity contribution in [3.8, 4) is 10.6 Å². The lowest BCUT2D eigenvalue weighted by atomic mass is 10.1. The highest BCUT2D eigenvalue weighted by molar-refractivity contribution is 7.15. The summed E-state index contributed by atoms with van der Waals surface area (Å²) in [5.74, 6) is 0. The van der Waals surface area contributed by atoms with Gasteiger partial charge in [0.05, 0.1) is 6.04 Å². The summed E-state index contributed by atoms with van der Waals surface area (Å²) >= 11 is 3.32. The van der Waals surface area contributed by atoms with Crippen LogP contribution in [-0.2, 0) is 0 Å². The van der Waals surface area contributed by atoms with Crippen molar-refractivity contribution in [2.75, 3.05) is 7.05 Å². The standard InChI is InChI=1S/C14H13N3S2/c1-15-12(10-5-3-2-4-6-10)14-17-16-13(19-14)11-7-8-18-9-11/h2-9,12,15H,1H3. The quantitative estimate of drug-likeness (QED) is 0.797. The lowest BCUT2D eigenvalue weighted by Gasteiger charge is -2.12. The fourth-order valence-corrected chi connectivity index (χ4v) is 3.63. The molecule has 96 valence electrons. The van der Waals surface area contributed by atoms with Crippen molar-refractivity contribution < 1.29 is 0 Å². The third kappa shape index (κ3) is 2.58. The van der Waals surface area contributed by atoms with Crippen LogP contribution in [0.2, 0.25) is 0 Å². The summed E-state index contributed by atoms with van der Waals surface area (Å²) < 4.78 is 0. The topological polar surface area (TPSA) is 37.8 Å².